The molecule has 1 N–H and O–H groups in total. The molecule has 2 aromatic heterocycles. The number of para-hydroxylation sites is 1. The van der Waals surface area contributed by atoms with Crippen molar-refractivity contribution in [3.63, 3.8) is 0 Å². The van der Waals surface area contributed by atoms with Crippen LogP contribution in [-0.4, -0.2) is 40.7 Å². The smallest absolute Gasteiger partial charge is 0.335 e. The molecule has 232 valence electrons. The zero-order valence-corrected chi connectivity index (χ0v) is 27.7. The fraction of sp³-hybridized carbons (Fsp3) is 0.118. The summed E-state index contributed by atoms with van der Waals surface area (Å²) in [6.07, 6.45) is 1.52. The van der Waals surface area contributed by atoms with E-state index in [1.54, 1.807) is 49.6 Å². The fourth-order valence-electron chi connectivity index (χ4n) is 4.83. The van der Waals surface area contributed by atoms with Crippen molar-refractivity contribution in [1.82, 2.24) is 9.66 Å². The summed E-state index contributed by atoms with van der Waals surface area (Å²) >= 11 is 7.24. The van der Waals surface area contributed by atoms with E-state index in [2.05, 4.69) is 37.0 Å². The van der Waals surface area contributed by atoms with Crippen LogP contribution in [0.3, 0.4) is 0 Å². The van der Waals surface area contributed by atoms with Crippen molar-refractivity contribution in [2.75, 3.05) is 13.7 Å². The van der Waals surface area contributed by atoms with Gasteiger partial charge < -0.3 is 23.7 Å². The number of aromatic carboxylic acids is 1. The number of carboxylic acids is 1. The Morgan fingerprint density at radius 3 is 2.50 bits per heavy atom. The maximum absolute atomic E-state index is 13.8. The van der Waals surface area contributed by atoms with Crippen molar-refractivity contribution < 1.29 is 28.5 Å². The molecule has 0 bridgehead atoms. The minimum Gasteiger partial charge on any atom is -0.496 e. The summed E-state index contributed by atoms with van der Waals surface area (Å²) < 4.78 is 26.0. The van der Waals surface area contributed by atoms with E-state index in [4.69, 9.17) is 23.6 Å². The van der Waals surface area contributed by atoms with Crippen LogP contribution in [0.2, 0.25) is 0 Å². The van der Waals surface area contributed by atoms with Crippen molar-refractivity contribution in [2.45, 2.75) is 13.5 Å². The van der Waals surface area contributed by atoms with E-state index >= 15 is 0 Å². The Labute approximate surface area is 279 Å². The molecule has 0 saturated heterocycles. The minimum atomic E-state index is -0.998. The van der Waals surface area contributed by atoms with Crippen LogP contribution >= 0.6 is 31.9 Å². The van der Waals surface area contributed by atoms with Gasteiger partial charge in [-0.3, -0.25) is 4.79 Å². The lowest BCUT2D eigenvalue weighted by atomic mass is 10.1. The molecule has 0 aliphatic heterocycles. The van der Waals surface area contributed by atoms with Gasteiger partial charge in [-0.25, -0.2) is 9.78 Å². The second-order valence-electron chi connectivity index (χ2n) is 9.94. The van der Waals surface area contributed by atoms with E-state index in [1.807, 2.05) is 31.2 Å². The van der Waals surface area contributed by atoms with Crippen molar-refractivity contribution in [2.24, 2.45) is 5.10 Å². The molecular weight excluding hydrogens is 722 g/mol. The van der Waals surface area contributed by atoms with Gasteiger partial charge in [-0.2, -0.15) is 9.78 Å². The van der Waals surface area contributed by atoms with E-state index in [1.165, 1.54) is 23.0 Å². The Morgan fingerprint density at radius 2 is 1.76 bits per heavy atom. The lowest BCUT2D eigenvalue weighted by Crippen LogP contribution is -2.20. The number of halogens is 2. The highest BCUT2D eigenvalue weighted by Crippen LogP contribution is 2.43. The average molecular weight is 747 g/mol. The number of nitrogens with zero attached hydrogens (tertiary/aromatic N) is 3. The zero-order chi connectivity index (χ0) is 32.4. The standard InChI is InChI=1S/C34H25Br2N3O7/c1-3-44-27-15-21(29(35)30(36)31(27)45-18-19-11-13-20(14-12-19)34(41)42)17-37-39-32(38-24-8-5-4-7-22(24)33(39)40)28-16-23-25(43-2)9-6-10-26(23)46-28/h4-17H,3,18H2,1-2H3,(H,41,42). The molecule has 0 spiro atoms. The van der Waals surface area contributed by atoms with Gasteiger partial charge in [0.15, 0.2) is 17.3 Å². The molecule has 10 nitrogen and oxygen atoms in total. The highest BCUT2D eigenvalue weighted by Gasteiger charge is 2.20. The number of carboxylic acid groups (broad SMARTS) is 1. The third-order valence-electron chi connectivity index (χ3n) is 7.07. The Hall–Kier alpha value is -4.94. The Balaban J connectivity index is 1.41. The largest absolute Gasteiger partial charge is 0.496 e. The molecule has 0 aliphatic carbocycles. The third kappa shape index (κ3) is 6.01. The van der Waals surface area contributed by atoms with E-state index in [0.29, 0.717) is 60.6 Å². The quantitative estimate of drug-likeness (QED) is 0.140. The number of benzene rings is 4. The van der Waals surface area contributed by atoms with Gasteiger partial charge in [-0.1, -0.05) is 30.3 Å². The monoisotopic (exact) mass is 745 g/mol. The van der Waals surface area contributed by atoms with Crippen molar-refractivity contribution in [3.8, 4) is 28.8 Å². The van der Waals surface area contributed by atoms with E-state index in [9.17, 15) is 14.7 Å². The summed E-state index contributed by atoms with van der Waals surface area (Å²) in [6, 6.07) is 22.5. The first kappa shape index (κ1) is 31.1. The van der Waals surface area contributed by atoms with Gasteiger partial charge in [0, 0.05) is 10.0 Å². The Bertz CT molecular complexity index is 2190. The van der Waals surface area contributed by atoms with E-state index in [-0.39, 0.29) is 23.6 Å². The number of aromatic nitrogens is 2. The van der Waals surface area contributed by atoms with Gasteiger partial charge in [0.25, 0.3) is 5.56 Å². The third-order valence-corrected chi connectivity index (χ3v) is 9.21. The second kappa shape index (κ2) is 13.2. The highest BCUT2D eigenvalue weighted by molar-refractivity contribution is 9.13. The summed E-state index contributed by atoms with van der Waals surface area (Å²) in [5.41, 5.74) is 2.26. The SMILES string of the molecule is CCOc1cc(C=Nn2c(-c3cc4c(OC)cccc4o3)nc3ccccc3c2=O)c(Br)c(Br)c1OCc1ccc(C(=O)O)cc1. The molecule has 0 amide bonds. The maximum Gasteiger partial charge on any atom is 0.335 e. The lowest BCUT2D eigenvalue weighted by molar-refractivity contribution is 0.0697. The molecule has 0 unspecified atom stereocenters. The molecule has 12 heteroatoms. The minimum absolute atomic E-state index is 0.169. The van der Waals surface area contributed by atoms with Gasteiger partial charge >= 0.3 is 5.97 Å². The van der Waals surface area contributed by atoms with Crippen LogP contribution in [0.15, 0.2) is 102 Å². The number of methoxy groups -OCH3 is 1. The normalized spacial score (nSPS) is 11.4. The van der Waals surface area contributed by atoms with Crippen LogP contribution in [0.1, 0.15) is 28.4 Å². The van der Waals surface area contributed by atoms with Crippen LogP contribution < -0.4 is 19.8 Å². The average Bonchev–Trinajstić information content (AvgIpc) is 3.51. The molecule has 0 atom stereocenters. The van der Waals surface area contributed by atoms with Gasteiger partial charge in [-0.05, 0) is 92.9 Å². The van der Waals surface area contributed by atoms with Crippen LogP contribution in [0.5, 0.6) is 17.2 Å². The number of carbonyl (C=O) groups is 1. The van der Waals surface area contributed by atoms with Crippen molar-refractivity contribution >= 4 is 65.9 Å². The fourth-order valence-corrected chi connectivity index (χ4v) is 5.76. The van der Waals surface area contributed by atoms with Crippen molar-refractivity contribution in [3.05, 3.63) is 115 Å². The van der Waals surface area contributed by atoms with Crippen LogP contribution in [-0.2, 0) is 6.61 Å². The zero-order valence-electron chi connectivity index (χ0n) is 24.5. The van der Waals surface area contributed by atoms with Gasteiger partial charge in [0.1, 0.15) is 17.9 Å². The first-order valence-corrected chi connectivity index (χ1v) is 15.6. The molecule has 0 aliphatic rings. The number of hydrogen-bond donors (Lipinski definition) is 1. The number of ether oxygens (including phenoxy) is 3. The van der Waals surface area contributed by atoms with Gasteiger partial charge in [-0.15, -0.1) is 0 Å². The summed E-state index contributed by atoms with van der Waals surface area (Å²) in [4.78, 5) is 29.7. The molecular formula is C34H25Br2N3O7. The molecule has 6 aromatic rings. The number of furan rings is 1. The Kier molecular flexibility index (Phi) is 8.91. The molecule has 0 saturated carbocycles. The maximum atomic E-state index is 13.8. The summed E-state index contributed by atoms with van der Waals surface area (Å²) in [5.74, 6) is 1.07. The van der Waals surface area contributed by atoms with Crippen molar-refractivity contribution in [1.29, 1.82) is 0 Å². The highest BCUT2D eigenvalue weighted by atomic mass is 79.9. The van der Waals surface area contributed by atoms with Gasteiger partial charge in [0.2, 0.25) is 5.82 Å². The van der Waals surface area contributed by atoms with Crippen LogP contribution in [0.25, 0.3) is 33.5 Å². The number of fused-ring (bicyclic) bond motifs is 2. The lowest BCUT2D eigenvalue weighted by Gasteiger charge is -2.16. The Morgan fingerprint density at radius 1 is 0.978 bits per heavy atom. The topological polar surface area (TPSA) is 125 Å². The number of hydrogen-bond acceptors (Lipinski definition) is 8. The molecule has 0 radical (unpaired) electrons. The van der Waals surface area contributed by atoms with Crippen LogP contribution in [0.4, 0.5) is 0 Å². The molecule has 0 fully saturated rings. The molecule has 46 heavy (non-hydrogen) atoms. The molecule has 2 heterocycles. The van der Waals surface area contributed by atoms with E-state index in [0.717, 1.165) is 10.9 Å². The second-order valence-corrected chi connectivity index (χ2v) is 11.5. The molecule has 4 aromatic carbocycles. The van der Waals surface area contributed by atoms with E-state index < -0.39 is 5.97 Å². The predicted octanol–water partition coefficient (Wildman–Crippen LogP) is 7.90. The summed E-state index contributed by atoms with van der Waals surface area (Å²) in [7, 11) is 1.58. The first-order valence-electron chi connectivity index (χ1n) is 14.0. The van der Waals surface area contributed by atoms with Crippen LogP contribution in [0, 0.1) is 0 Å². The molecule has 6 rings (SSSR count). The predicted molar refractivity (Wildman–Crippen MR) is 181 cm³/mol. The summed E-state index contributed by atoms with van der Waals surface area (Å²) in [5, 5.41) is 14.9. The van der Waals surface area contributed by atoms with Gasteiger partial charge in [0.05, 0.1) is 46.3 Å². The first-order chi connectivity index (χ1) is 22.3. The number of rotatable bonds is 10. The summed E-state index contributed by atoms with van der Waals surface area (Å²) in [6.45, 7) is 2.39.